The third-order valence-electron chi connectivity index (χ3n) is 18.8. The summed E-state index contributed by atoms with van der Waals surface area (Å²) in [5.41, 5.74) is -4.84. The van der Waals surface area contributed by atoms with Crippen LogP contribution < -0.4 is 0 Å². The van der Waals surface area contributed by atoms with E-state index in [0.29, 0.717) is 50.5 Å². The summed E-state index contributed by atoms with van der Waals surface area (Å²) < 4.78 is 21.6. The number of Topliss-reactive ketones (excluding diaryl/α,β-unsaturated/α-hetero) is 1. The summed E-state index contributed by atoms with van der Waals surface area (Å²) in [6, 6.07) is 18.7. The fraction of sp³-hybridized carbons (Fsp3) is 0.549. The summed E-state index contributed by atoms with van der Waals surface area (Å²) in [5, 5.41) is 26.9. The Kier molecular flexibility index (Phi) is 8.62. The van der Waals surface area contributed by atoms with Crippen LogP contribution in [0.3, 0.4) is 0 Å². The SMILES string of the molecule is CC12CCC(C(=O)N(Cc3cccc4ccccc34)CC3(O)CCC4C56C=CC7(C=C5C(=O)Cc5c(F)cccc5Cl)CC(O)CCC7(C)C6CCC43C)(OC1=O)C2(C)C. The number of ether oxygens (including phenoxy) is 1. The molecule has 2 spiro atoms. The van der Waals surface area contributed by atoms with Crippen molar-refractivity contribution in [1.29, 1.82) is 0 Å². The van der Waals surface area contributed by atoms with Crippen LogP contribution in [0.5, 0.6) is 0 Å². The van der Waals surface area contributed by atoms with Crippen LogP contribution in [0.1, 0.15) is 104 Å². The van der Waals surface area contributed by atoms with Gasteiger partial charge in [0.2, 0.25) is 0 Å². The quantitative estimate of drug-likeness (QED) is 0.173. The van der Waals surface area contributed by atoms with E-state index in [-0.39, 0.29) is 65.0 Å². The normalized spacial score (nSPS) is 40.5. The van der Waals surface area contributed by atoms with E-state index in [2.05, 4.69) is 50.3 Å². The number of carbonyl (C=O) groups is 3. The highest BCUT2D eigenvalue weighted by atomic mass is 35.5. The van der Waals surface area contributed by atoms with Gasteiger partial charge in [0.25, 0.3) is 5.91 Å². The monoisotopic (exact) mass is 833 g/mol. The summed E-state index contributed by atoms with van der Waals surface area (Å²) in [6.45, 7) is 10.6. The summed E-state index contributed by atoms with van der Waals surface area (Å²) >= 11 is 6.54. The standard InChI is InChI=1S/C51H57ClFNO6/c1-44(2)47(5)22-25-51(44,60-43(47)58)42(57)54(29-32-12-8-11-31-10-6-7-13-34(31)32)30-49(59)21-18-41-46(49,4)20-17-40-45(3)19-16-33(55)27-48(45)23-24-50(40,41)36(28-48)39(56)26-35-37(52)14-9-15-38(35)53/h6-15,23-24,28,33,40-41,55,59H,16-22,25-27,29-30H2,1-5H3. The van der Waals surface area contributed by atoms with Gasteiger partial charge in [0.15, 0.2) is 11.4 Å². The van der Waals surface area contributed by atoms with E-state index < -0.39 is 50.2 Å². The number of amides is 1. The van der Waals surface area contributed by atoms with Gasteiger partial charge in [0, 0.05) is 50.8 Å². The highest BCUT2D eigenvalue weighted by Crippen LogP contribution is 2.78. The maximum atomic E-state index is 15.5. The number of rotatable bonds is 8. The fourth-order valence-electron chi connectivity index (χ4n) is 14.7. The van der Waals surface area contributed by atoms with Crippen LogP contribution in [0, 0.1) is 50.1 Å². The molecule has 1 saturated heterocycles. The lowest BCUT2D eigenvalue weighted by molar-refractivity contribution is -0.188. The largest absolute Gasteiger partial charge is 0.448 e. The maximum absolute atomic E-state index is 15.5. The number of hydrogen-bond donors (Lipinski definition) is 2. The second-order valence-corrected chi connectivity index (χ2v) is 21.5. The summed E-state index contributed by atoms with van der Waals surface area (Å²) in [6.07, 6.45) is 11.4. The molecule has 316 valence electrons. The first-order chi connectivity index (χ1) is 28.3. The molecule has 1 aliphatic heterocycles. The minimum atomic E-state index is -1.37. The van der Waals surface area contributed by atoms with Crippen LogP contribution in [-0.2, 0) is 32.1 Å². The predicted octanol–water partition coefficient (Wildman–Crippen LogP) is 9.49. The number of hydrogen-bond acceptors (Lipinski definition) is 6. The molecule has 7 nitrogen and oxygen atoms in total. The van der Waals surface area contributed by atoms with Crippen molar-refractivity contribution in [1.82, 2.24) is 4.90 Å². The summed E-state index contributed by atoms with van der Waals surface area (Å²) in [5.74, 6) is -1.45. The molecule has 10 unspecified atom stereocenters. The van der Waals surface area contributed by atoms with Crippen molar-refractivity contribution in [3.8, 4) is 0 Å². The number of carbonyl (C=O) groups excluding carboxylic acids is 3. The minimum absolute atomic E-state index is 0.0316. The average Bonchev–Trinajstić information content (AvgIpc) is 3.66. The molecule has 8 aliphatic rings. The lowest BCUT2D eigenvalue weighted by atomic mass is 9.32. The van der Waals surface area contributed by atoms with Crippen LogP contribution in [-0.4, -0.2) is 56.6 Å². The van der Waals surface area contributed by atoms with Gasteiger partial charge in [-0.25, -0.2) is 4.39 Å². The van der Waals surface area contributed by atoms with E-state index >= 15 is 9.18 Å². The van der Waals surface area contributed by atoms with Gasteiger partial charge in [0.05, 0.1) is 23.7 Å². The Morgan fingerprint density at radius 2 is 1.57 bits per heavy atom. The number of fused-ring (bicyclic) bond motifs is 4. The Morgan fingerprint density at radius 3 is 2.30 bits per heavy atom. The molecule has 3 aromatic carbocycles. The Balaban J connectivity index is 1.07. The number of allylic oxidation sites excluding steroid dienone is 4. The van der Waals surface area contributed by atoms with Gasteiger partial charge in [-0.2, -0.15) is 0 Å². The van der Waals surface area contributed by atoms with Gasteiger partial charge in [0.1, 0.15) is 5.82 Å². The molecule has 11 rings (SSSR count). The van der Waals surface area contributed by atoms with E-state index in [0.717, 1.165) is 29.2 Å². The van der Waals surface area contributed by atoms with Crippen LogP contribution >= 0.6 is 11.6 Å². The molecular weight excluding hydrogens is 777 g/mol. The topological polar surface area (TPSA) is 104 Å². The molecule has 0 aromatic heterocycles. The van der Waals surface area contributed by atoms with Crippen LogP contribution in [0.2, 0.25) is 5.02 Å². The van der Waals surface area contributed by atoms with E-state index in [1.807, 2.05) is 45.0 Å². The van der Waals surface area contributed by atoms with E-state index in [1.54, 1.807) is 17.0 Å². The van der Waals surface area contributed by atoms with Crippen LogP contribution in [0.4, 0.5) is 4.39 Å². The molecule has 4 saturated carbocycles. The zero-order valence-corrected chi connectivity index (χ0v) is 36.2. The molecule has 2 N–H and O–H groups in total. The van der Waals surface area contributed by atoms with Crippen molar-refractivity contribution >= 4 is 40.0 Å². The Labute approximate surface area is 357 Å². The molecule has 4 bridgehead atoms. The van der Waals surface area contributed by atoms with Crippen LogP contribution in [0.15, 0.2) is 84.5 Å². The van der Waals surface area contributed by atoms with Crippen molar-refractivity contribution in [2.75, 3.05) is 6.54 Å². The van der Waals surface area contributed by atoms with E-state index in [1.165, 1.54) is 6.07 Å². The molecule has 3 aromatic rings. The predicted molar refractivity (Wildman–Crippen MR) is 228 cm³/mol. The Morgan fingerprint density at radius 1 is 0.867 bits per heavy atom. The molecule has 60 heavy (non-hydrogen) atoms. The second-order valence-electron chi connectivity index (χ2n) is 21.1. The Bertz CT molecular complexity index is 2420. The van der Waals surface area contributed by atoms with Crippen molar-refractivity contribution in [2.24, 2.45) is 44.3 Å². The average molecular weight is 834 g/mol. The van der Waals surface area contributed by atoms with Crippen molar-refractivity contribution in [2.45, 2.75) is 123 Å². The zero-order valence-electron chi connectivity index (χ0n) is 35.5. The summed E-state index contributed by atoms with van der Waals surface area (Å²) in [7, 11) is 0. The number of esters is 1. The third kappa shape index (κ3) is 4.87. The number of ketones is 1. The van der Waals surface area contributed by atoms with Crippen molar-refractivity contribution < 1.29 is 33.7 Å². The van der Waals surface area contributed by atoms with Gasteiger partial charge >= 0.3 is 5.97 Å². The van der Waals surface area contributed by atoms with E-state index in [4.69, 9.17) is 16.3 Å². The zero-order chi connectivity index (χ0) is 42.5. The lowest BCUT2D eigenvalue weighted by Gasteiger charge is -2.71. The number of halogens is 2. The fourth-order valence-corrected chi connectivity index (χ4v) is 15.0. The van der Waals surface area contributed by atoms with Crippen molar-refractivity contribution in [3.05, 3.63) is 106 Å². The van der Waals surface area contributed by atoms with Crippen LogP contribution in [0.25, 0.3) is 10.8 Å². The van der Waals surface area contributed by atoms with Crippen molar-refractivity contribution in [3.63, 3.8) is 0 Å². The Hall–Kier alpha value is -3.85. The highest BCUT2D eigenvalue weighted by molar-refractivity contribution is 6.31. The first-order valence-corrected chi connectivity index (χ1v) is 22.5. The van der Waals surface area contributed by atoms with Gasteiger partial charge in [-0.15, -0.1) is 0 Å². The van der Waals surface area contributed by atoms with Gasteiger partial charge < -0.3 is 19.8 Å². The molecule has 5 fully saturated rings. The highest BCUT2D eigenvalue weighted by Gasteiger charge is 2.78. The van der Waals surface area contributed by atoms with Gasteiger partial charge in [-0.3, -0.25) is 14.4 Å². The second kappa shape index (κ2) is 12.9. The van der Waals surface area contributed by atoms with Gasteiger partial charge in [-0.05, 0) is 110 Å². The molecule has 9 heteroatoms. The number of benzene rings is 3. The lowest BCUT2D eigenvalue weighted by Crippen LogP contribution is -2.68. The molecular formula is C51H57ClFNO6. The first kappa shape index (κ1) is 40.2. The smallest absolute Gasteiger partial charge is 0.313 e. The molecule has 1 heterocycles. The van der Waals surface area contributed by atoms with Gasteiger partial charge in [-0.1, -0.05) is 106 Å². The van der Waals surface area contributed by atoms with E-state index in [9.17, 15) is 19.8 Å². The molecule has 1 amide bonds. The molecule has 10 atom stereocenters. The third-order valence-corrected chi connectivity index (χ3v) is 19.2. The molecule has 7 aliphatic carbocycles. The number of nitrogens with zero attached hydrogens (tertiary/aromatic N) is 1. The summed E-state index contributed by atoms with van der Waals surface area (Å²) in [4.78, 5) is 45.9. The number of aliphatic hydroxyl groups is 2. The number of aliphatic hydroxyl groups excluding tert-OH is 1. The first-order valence-electron chi connectivity index (χ1n) is 22.1. The molecule has 0 radical (unpaired) electrons. The maximum Gasteiger partial charge on any atom is 0.313 e. The minimum Gasteiger partial charge on any atom is -0.448 e.